The minimum Gasteiger partial charge on any atom is -0.399 e. The molecule has 7 heteroatoms. The molecule has 6 nitrogen and oxygen atoms in total. The zero-order chi connectivity index (χ0) is 15.6. The Morgan fingerprint density at radius 3 is 2.45 bits per heavy atom. The second kappa shape index (κ2) is 6.00. The van der Waals surface area contributed by atoms with Crippen LogP contribution in [-0.4, -0.2) is 18.2 Å². The number of anilines is 2. The van der Waals surface area contributed by atoms with Gasteiger partial charge in [0.15, 0.2) is 0 Å². The van der Waals surface area contributed by atoms with E-state index in [9.17, 15) is 8.42 Å². The van der Waals surface area contributed by atoms with Crippen molar-refractivity contribution in [2.24, 2.45) is 0 Å². The quantitative estimate of drug-likeness (QED) is 0.848. The third kappa shape index (κ3) is 3.09. The van der Waals surface area contributed by atoms with E-state index >= 15 is 0 Å². The van der Waals surface area contributed by atoms with Crippen LogP contribution in [0.15, 0.2) is 41.4 Å². The van der Waals surface area contributed by atoms with Crippen LogP contribution in [0, 0.1) is 0 Å². The summed E-state index contributed by atoms with van der Waals surface area (Å²) in [5.74, 6) is 0.517. The third-order valence-electron chi connectivity index (χ3n) is 4.02. The van der Waals surface area contributed by atoms with Crippen molar-refractivity contribution in [3.05, 3.63) is 36.5 Å². The van der Waals surface area contributed by atoms with Gasteiger partial charge in [0.05, 0.1) is 17.1 Å². The molecule has 3 N–H and O–H groups in total. The second-order valence-electron chi connectivity index (χ2n) is 5.63. The van der Waals surface area contributed by atoms with Gasteiger partial charge in [-0.15, -0.1) is 0 Å². The molecule has 0 amide bonds. The molecular formula is C15H20N4O2S. The van der Waals surface area contributed by atoms with Gasteiger partial charge in [0, 0.05) is 11.8 Å². The fourth-order valence-electron chi connectivity index (χ4n) is 2.86. The van der Waals surface area contributed by atoms with Crippen LogP contribution >= 0.6 is 0 Å². The summed E-state index contributed by atoms with van der Waals surface area (Å²) in [5, 5.41) is 4.30. The van der Waals surface area contributed by atoms with Crippen molar-refractivity contribution in [3.8, 4) is 0 Å². The number of nitrogen functional groups attached to an aromatic ring is 1. The van der Waals surface area contributed by atoms with Gasteiger partial charge in [0.1, 0.15) is 5.82 Å². The number of benzene rings is 1. The van der Waals surface area contributed by atoms with Crippen molar-refractivity contribution in [1.29, 1.82) is 0 Å². The number of hydrogen-bond donors (Lipinski definition) is 2. The van der Waals surface area contributed by atoms with Crippen molar-refractivity contribution in [2.45, 2.75) is 43.0 Å². The Labute approximate surface area is 130 Å². The molecule has 1 saturated carbocycles. The number of nitrogens with two attached hydrogens (primary N) is 1. The van der Waals surface area contributed by atoms with Crippen LogP contribution in [0.25, 0.3) is 0 Å². The molecule has 0 saturated heterocycles. The molecule has 0 atom stereocenters. The first-order valence-corrected chi connectivity index (χ1v) is 8.96. The van der Waals surface area contributed by atoms with Gasteiger partial charge in [0.25, 0.3) is 10.0 Å². The highest BCUT2D eigenvalue weighted by atomic mass is 32.2. The molecule has 0 unspecified atom stereocenters. The Hall–Kier alpha value is -2.02. The zero-order valence-electron chi connectivity index (χ0n) is 12.3. The van der Waals surface area contributed by atoms with E-state index in [2.05, 4.69) is 9.82 Å². The highest BCUT2D eigenvalue weighted by Crippen LogP contribution is 2.30. The van der Waals surface area contributed by atoms with Gasteiger partial charge in [-0.1, -0.05) is 19.3 Å². The van der Waals surface area contributed by atoms with E-state index in [4.69, 9.17) is 5.73 Å². The summed E-state index contributed by atoms with van der Waals surface area (Å²) < 4.78 is 29.3. The second-order valence-corrected chi connectivity index (χ2v) is 7.31. The van der Waals surface area contributed by atoms with Gasteiger partial charge in [-0.3, -0.25) is 4.72 Å². The summed E-state index contributed by atoms with van der Waals surface area (Å²) >= 11 is 0. The molecule has 0 bridgehead atoms. The summed E-state index contributed by atoms with van der Waals surface area (Å²) in [6.45, 7) is 0. The molecule has 22 heavy (non-hydrogen) atoms. The van der Waals surface area contributed by atoms with E-state index in [1.807, 2.05) is 0 Å². The number of nitrogens with zero attached hydrogens (tertiary/aromatic N) is 2. The molecule has 1 fully saturated rings. The molecule has 0 aliphatic heterocycles. The average molecular weight is 320 g/mol. The van der Waals surface area contributed by atoms with Crippen molar-refractivity contribution in [1.82, 2.24) is 9.78 Å². The third-order valence-corrected chi connectivity index (χ3v) is 5.39. The van der Waals surface area contributed by atoms with Gasteiger partial charge in [-0.25, -0.2) is 13.1 Å². The van der Waals surface area contributed by atoms with Crippen LogP contribution in [0.3, 0.4) is 0 Å². The van der Waals surface area contributed by atoms with Gasteiger partial charge in [-0.05, 0) is 37.1 Å². The lowest BCUT2D eigenvalue weighted by Gasteiger charge is -2.24. The molecule has 1 aromatic heterocycles. The van der Waals surface area contributed by atoms with Gasteiger partial charge in [0.2, 0.25) is 0 Å². The molecule has 1 aliphatic carbocycles. The standard InChI is InChI=1S/C15H20N4O2S/c16-12-6-8-14(9-7-12)22(20,21)18-15-10-11-17-19(15)13-4-2-1-3-5-13/h6-11,13,18H,1-5,16H2. The summed E-state index contributed by atoms with van der Waals surface area (Å²) in [7, 11) is -3.63. The molecule has 3 rings (SSSR count). The highest BCUT2D eigenvalue weighted by molar-refractivity contribution is 7.92. The Morgan fingerprint density at radius 1 is 1.09 bits per heavy atom. The minimum absolute atomic E-state index is 0.193. The maximum Gasteiger partial charge on any atom is 0.263 e. The van der Waals surface area contributed by atoms with Crippen molar-refractivity contribution < 1.29 is 8.42 Å². The normalized spacial score (nSPS) is 16.5. The predicted octanol–water partition coefficient (Wildman–Crippen LogP) is 2.77. The van der Waals surface area contributed by atoms with Crippen molar-refractivity contribution >= 4 is 21.5 Å². The number of hydrogen-bond acceptors (Lipinski definition) is 4. The van der Waals surface area contributed by atoms with E-state index in [1.165, 1.54) is 18.6 Å². The van der Waals surface area contributed by atoms with E-state index in [1.54, 1.807) is 29.1 Å². The molecule has 0 spiro atoms. The van der Waals surface area contributed by atoms with E-state index in [-0.39, 0.29) is 10.9 Å². The lowest BCUT2D eigenvalue weighted by Crippen LogP contribution is -2.20. The van der Waals surface area contributed by atoms with E-state index < -0.39 is 10.0 Å². The Balaban J connectivity index is 1.83. The van der Waals surface area contributed by atoms with Gasteiger partial charge >= 0.3 is 0 Å². The molecule has 1 aliphatic rings. The average Bonchev–Trinajstić information content (AvgIpc) is 2.96. The molecule has 118 valence electrons. The van der Waals surface area contributed by atoms with Crippen LogP contribution < -0.4 is 10.5 Å². The van der Waals surface area contributed by atoms with Crippen molar-refractivity contribution in [3.63, 3.8) is 0 Å². The fourth-order valence-corrected chi connectivity index (χ4v) is 3.90. The molecule has 0 radical (unpaired) electrons. The monoisotopic (exact) mass is 320 g/mol. The van der Waals surface area contributed by atoms with E-state index in [0.29, 0.717) is 11.5 Å². The maximum atomic E-state index is 12.5. The first-order valence-electron chi connectivity index (χ1n) is 7.48. The predicted molar refractivity (Wildman–Crippen MR) is 86.0 cm³/mol. The molecule has 2 aromatic rings. The van der Waals surface area contributed by atoms with Crippen LogP contribution in [0.1, 0.15) is 38.1 Å². The largest absolute Gasteiger partial charge is 0.399 e. The smallest absolute Gasteiger partial charge is 0.263 e. The number of rotatable bonds is 4. The number of nitrogens with one attached hydrogen (secondary N) is 1. The van der Waals surface area contributed by atoms with Crippen LogP contribution in [0.4, 0.5) is 11.5 Å². The summed E-state index contributed by atoms with van der Waals surface area (Å²) in [6, 6.07) is 8.12. The number of sulfonamides is 1. The summed E-state index contributed by atoms with van der Waals surface area (Å²) in [5.41, 5.74) is 6.13. The minimum atomic E-state index is -3.63. The summed E-state index contributed by atoms with van der Waals surface area (Å²) in [6.07, 6.45) is 7.28. The summed E-state index contributed by atoms with van der Waals surface area (Å²) in [4.78, 5) is 0.193. The van der Waals surface area contributed by atoms with Gasteiger partial charge < -0.3 is 5.73 Å². The fraction of sp³-hybridized carbons (Fsp3) is 0.400. The number of aromatic nitrogens is 2. The lowest BCUT2D eigenvalue weighted by atomic mass is 9.96. The Morgan fingerprint density at radius 2 is 1.77 bits per heavy atom. The zero-order valence-corrected chi connectivity index (χ0v) is 13.1. The Kier molecular flexibility index (Phi) is 4.06. The van der Waals surface area contributed by atoms with Crippen LogP contribution in [0.2, 0.25) is 0 Å². The lowest BCUT2D eigenvalue weighted by molar-refractivity contribution is 0.333. The van der Waals surface area contributed by atoms with Crippen LogP contribution in [0.5, 0.6) is 0 Å². The highest BCUT2D eigenvalue weighted by Gasteiger charge is 2.21. The van der Waals surface area contributed by atoms with Gasteiger partial charge in [-0.2, -0.15) is 5.10 Å². The van der Waals surface area contributed by atoms with E-state index in [0.717, 1.165) is 25.7 Å². The molecular weight excluding hydrogens is 300 g/mol. The maximum absolute atomic E-state index is 12.5. The topological polar surface area (TPSA) is 90.0 Å². The Bertz CT molecular complexity index is 731. The molecule has 1 aromatic carbocycles. The first-order chi connectivity index (χ1) is 10.6. The molecule has 1 heterocycles. The van der Waals surface area contributed by atoms with Crippen molar-refractivity contribution in [2.75, 3.05) is 10.5 Å². The SMILES string of the molecule is Nc1ccc(S(=O)(=O)Nc2ccnn2C2CCCCC2)cc1. The first kappa shape index (κ1) is 14.9. The van der Waals surface area contributed by atoms with Crippen LogP contribution in [-0.2, 0) is 10.0 Å².